The van der Waals surface area contributed by atoms with E-state index in [1.54, 1.807) is 0 Å². The van der Waals surface area contributed by atoms with Crippen LogP contribution in [0.1, 0.15) is 335 Å². The van der Waals surface area contributed by atoms with Gasteiger partial charge in [0.1, 0.15) is 19.8 Å². The van der Waals surface area contributed by atoms with Crippen molar-refractivity contribution >= 4 is 19.8 Å². The van der Waals surface area contributed by atoms with Gasteiger partial charge in [-0.15, -0.1) is 0 Å². The van der Waals surface area contributed by atoms with Gasteiger partial charge in [-0.2, -0.15) is 0 Å². The van der Waals surface area contributed by atoms with E-state index in [-0.39, 0.29) is 32.0 Å². The van der Waals surface area contributed by atoms with Crippen molar-refractivity contribution in [1.82, 2.24) is 0 Å². The van der Waals surface area contributed by atoms with Gasteiger partial charge in [-0.05, 0) is 128 Å². The SMILES string of the molecule is CC/C=C\C/C=C\C/C=C\C/C=C\C/C=C\C/C=C\C/C=C\C/C=C\C/C=C\C/C=C\C/C=C\C/C=C\CCCCCCC(=O)OC(COC(=O)CCCCCCCCCCCCCCCCCCCCCCC/C=C\CCCCCCCCCC)COP(=O)([O-])OCC[N+](C)(C)C. The predicted molar refractivity (Wildman–Crippen MR) is 424 cm³/mol. The van der Waals surface area contributed by atoms with Crippen molar-refractivity contribution in [2.75, 3.05) is 47.5 Å². The number of rotatable bonds is 73. The molecule has 0 aliphatic heterocycles. The Bertz CT molecular complexity index is 2220. The van der Waals surface area contributed by atoms with Crippen LogP contribution in [0.5, 0.6) is 0 Å². The lowest BCUT2D eigenvalue weighted by molar-refractivity contribution is -0.870. The maximum Gasteiger partial charge on any atom is 0.306 e. The molecule has 0 rings (SSSR count). The fourth-order valence-corrected chi connectivity index (χ4v) is 11.7. The van der Waals surface area contributed by atoms with Gasteiger partial charge in [0.25, 0.3) is 7.82 Å². The number of hydrogen-bond donors (Lipinski definition) is 0. The topological polar surface area (TPSA) is 111 Å². The lowest BCUT2D eigenvalue weighted by Gasteiger charge is -2.28. The minimum atomic E-state index is -4.66. The van der Waals surface area contributed by atoms with E-state index in [0.29, 0.717) is 17.4 Å². The number of carbonyl (C=O) groups excluding carboxylic acids is 2. The number of carbonyl (C=O) groups is 2. The summed E-state index contributed by atoms with van der Waals surface area (Å²) in [4.78, 5) is 38.2. The zero-order chi connectivity index (χ0) is 71.1. The van der Waals surface area contributed by atoms with Gasteiger partial charge in [-0.3, -0.25) is 14.2 Å². The third-order valence-corrected chi connectivity index (χ3v) is 18.0. The molecule has 0 aromatic rings. The quantitative estimate of drug-likeness (QED) is 0.0195. The van der Waals surface area contributed by atoms with Gasteiger partial charge in [0, 0.05) is 12.8 Å². The summed E-state index contributed by atoms with van der Waals surface area (Å²) in [6, 6.07) is 0. The van der Waals surface area contributed by atoms with E-state index >= 15 is 0 Å². The summed E-state index contributed by atoms with van der Waals surface area (Å²) in [5.74, 6) is -0.861. The Morgan fingerprint density at radius 1 is 0.327 bits per heavy atom. The second-order valence-corrected chi connectivity index (χ2v) is 29.1. The minimum Gasteiger partial charge on any atom is -0.756 e. The fourth-order valence-electron chi connectivity index (χ4n) is 10.9. The summed E-state index contributed by atoms with van der Waals surface area (Å²) in [5, 5.41) is 0. The molecule has 0 N–H and O–H groups in total. The molecule has 0 amide bonds. The van der Waals surface area contributed by atoms with Crippen LogP contribution < -0.4 is 4.89 Å². The maximum atomic E-state index is 12.9. The Labute approximate surface area is 605 Å². The van der Waals surface area contributed by atoms with Crippen molar-refractivity contribution in [3.8, 4) is 0 Å². The third kappa shape index (κ3) is 80.6. The number of likely N-dealkylation sites (N-methyl/N-ethyl adjacent to an activating group) is 1. The van der Waals surface area contributed by atoms with Crippen molar-refractivity contribution in [3.63, 3.8) is 0 Å². The molecule has 0 fully saturated rings. The summed E-state index contributed by atoms with van der Waals surface area (Å²) < 4.78 is 34.4. The number of phosphoric acid groups is 1. The van der Waals surface area contributed by atoms with Gasteiger partial charge >= 0.3 is 11.9 Å². The Morgan fingerprint density at radius 3 is 0.878 bits per heavy atom. The van der Waals surface area contributed by atoms with Crippen LogP contribution >= 0.6 is 7.82 Å². The summed E-state index contributed by atoms with van der Waals surface area (Å²) in [7, 11) is 1.14. The first-order valence-electron chi connectivity index (χ1n) is 40.2. The van der Waals surface area contributed by atoms with Crippen LogP contribution in [0.4, 0.5) is 0 Å². The average molecular weight is 1380 g/mol. The molecule has 0 saturated heterocycles. The molecule has 0 radical (unpaired) electrons. The van der Waals surface area contributed by atoms with Crippen molar-refractivity contribution in [1.29, 1.82) is 0 Å². The van der Waals surface area contributed by atoms with E-state index in [1.807, 2.05) is 21.1 Å². The normalized spacial score (nSPS) is 13.9. The average Bonchev–Trinajstić information content (AvgIpc) is 1.08. The smallest absolute Gasteiger partial charge is 0.306 e. The zero-order valence-electron chi connectivity index (χ0n) is 63.9. The second kappa shape index (κ2) is 76.8. The first-order valence-corrected chi connectivity index (χ1v) is 41.7. The molecule has 0 saturated carbocycles. The molecule has 0 bridgehead atoms. The van der Waals surface area contributed by atoms with Gasteiger partial charge in [0.15, 0.2) is 6.10 Å². The van der Waals surface area contributed by atoms with Crippen LogP contribution in [0.15, 0.2) is 158 Å². The number of ether oxygens (including phenoxy) is 2. The molecule has 0 aromatic carbocycles. The van der Waals surface area contributed by atoms with Gasteiger partial charge < -0.3 is 27.9 Å². The highest BCUT2D eigenvalue weighted by Crippen LogP contribution is 2.38. The van der Waals surface area contributed by atoms with E-state index in [4.69, 9.17) is 18.5 Å². The zero-order valence-corrected chi connectivity index (χ0v) is 64.8. The Hall–Kier alpha value is -4.37. The second-order valence-electron chi connectivity index (χ2n) is 27.7. The van der Waals surface area contributed by atoms with E-state index in [9.17, 15) is 19.0 Å². The maximum absolute atomic E-state index is 12.9. The van der Waals surface area contributed by atoms with Crippen LogP contribution in [0, 0.1) is 0 Å². The lowest BCUT2D eigenvalue weighted by Crippen LogP contribution is -2.37. The monoisotopic (exact) mass is 1380 g/mol. The number of allylic oxidation sites excluding steroid dienone is 26. The molecule has 2 atom stereocenters. The van der Waals surface area contributed by atoms with Gasteiger partial charge in [-0.1, -0.05) is 352 Å². The van der Waals surface area contributed by atoms with E-state index in [2.05, 4.69) is 172 Å². The van der Waals surface area contributed by atoms with Gasteiger partial charge in [-0.25, -0.2) is 0 Å². The molecule has 560 valence electrons. The van der Waals surface area contributed by atoms with Gasteiger partial charge in [0.05, 0.1) is 27.7 Å². The predicted octanol–water partition coefficient (Wildman–Crippen LogP) is 26.4. The molecule has 0 heterocycles. The van der Waals surface area contributed by atoms with Crippen LogP contribution in [0.25, 0.3) is 0 Å². The molecule has 0 aromatic heterocycles. The summed E-state index contributed by atoms with van der Waals surface area (Å²) in [5.41, 5.74) is 0. The minimum absolute atomic E-state index is 0.0425. The first kappa shape index (κ1) is 93.6. The molecular formula is C88H150NO8P. The number of unbranched alkanes of at least 4 members (excludes halogenated alkanes) is 33. The molecule has 0 spiro atoms. The van der Waals surface area contributed by atoms with Crippen LogP contribution in [-0.2, 0) is 32.7 Å². The lowest BCUT2D eigenvalue weighted by atomic mass is 10.0. The molecule has 2 unspecified atom stereocenters. The number of phosphoric ester groups is 1. The number of esters is 2. The molecule has 98 heavy (non-hydrogen) atoms. The number of nitrogens with zero attached hydrogens (tertiary/aromatic N) is 1. The summed E-state index contributed by atoms with van der Waals surface area (Å²) in [6.07, 6.45) is 115. The van der Waals surface area contributed by atoms with Crippen LogP contribution in [0.3, 0.4) is 0 Å². The molecule has 0 aliphatic carbocycles. The summed E-state index contributed by atoms with van der Waals surface area (Å²) >= 11 is 0. The third-order valence-electron chi connectivity index (χ3n) is 17.0. The number of quaternary nitrogens is 1. The Morgan fingerprint density at radius 2 is 0.582 bits per heavy atom. The standard InChI is InChI=1S/C88H150NO8P/c1-6-8-10-12-14-16-18-20-22-24-26-28-30-32-34-36-38-40-41-42-43-44-45-46-47-49-51-53-55-57-59-61-63-65-67-69-71-73-75-77-79-81-88(91)97-86(85-96-98(92,93)95-83-82-89(3,4)5)84-94-87(90)80-78-76-74-72-70-68-66-64-62-60-58-56-54-52-50-48-39-37-35-33-31-29-27-25-23-21-19-17-15-13-11-9-7-2/h8,10,14,16,20,22,25-28,32,34,38,40,42-43,45-46,49,51,55,57,61,63,67,69,86H,6-7,9,11-13,15,17-19,21,23-24,29-31,33,35-37,39,41,44,47-48,50,52-54,56,58-60,62,64-66,68,70-85H2,1-5H3/b10-8-,16-14-,22-20-,27-25-,28-26-,34-32-,40-38-,43-42-,46-45-,51-49-,57-55-,63-61-,69-67-. The van der Waals surface area contributed by atoms with Crippen molar-refractivity contribution < 1.29 is 42.1 Å². The fraction of sp³-hybridized carbons (Fsp3) is 0.682. The van der Waals surface area contributed by atoms with E-state index in [1.165, 1.54) is 180 Å². The number of hydrogen-bond acceptors (Lipinski definition) is 8. The molecule has 9 nitrogen and oxygen atoms in total. The van der Waals surface area contributed by atoms with E-state index < -0.39 is 26.5 Å². The Kier molecular flexibility index (Phi) is 73.4. The van der Waals surface area contributed by atoms with E-state index in [0.717, 1.165) is 122 Å². The first-order chi connectivity index (χ1) is 48.0. The molecule has 10 heteroatoms. The van der Waals surface area contributed by atoms with Crippen LogP contribution in [0.2, 0.25) is 0 Å². The highest BCUT2D eigenvalue weighted by Gasteiger charge is 2.22. The highest BCUT2D eigenvalue weighted by molar-refractivity contribution is 7.45. The van der Waals surface area contributed by atoms with Crippen molar-refractivity contribution in [2.45, 2.75) is 341 Å². The van der Waals surface area contributed by atoms with Crippen molar-refractivity contribution in [3.05, 3.63) is 158 Å². The van der Waals surface area contributed by atoms with Crippen LogP contribution in [-0.4, -0.2) is 70.0 Å². The molecule has 0 aliphatic rings. The highest BCUT2D eigenvalue weighted by atomic mass is 31.2. The molecular weight excluding hydrogens is 1230 g/mol. The Balaban J connectivity index is 4.09. The van der Waals surface area contributed by atoms with Crippen molar-refractivity contribution in [2.24, 2.45) is 0 Å². The largest absolute Gasteiger partial charge is 0.756 e. The summed E-state index contributed by atoms with van der Waals surface area (Å²) in [6.45, 7) is 4.12. The van der Waals surface area contributed by atoms with Gasteiger partial charge in [0.2, 0.25) is 0 Å².